The predicted octanol–water partition coefficient (Wildman–Crippen LogP) is 4.62. The van der Waals surface area contributed by atoms with Crippen molar-refractivity contribution < 1.29 is 52.0 Å². The number of carboxylic acids is 1. The minimum absolute atomic E-state index is 0. The zero-order valence-electron chi connectivity index (χ0n) is 13.7. The predicted molar refractivity (Wildman–Crippen MR) is 84.6 cm³/mol. The van der Waals surface area contributed by atoms with Gasteiger partial charge in [-0.15, -0.1) is 12.1 Å². The molecular formula is C18H10F5IrN2O2-. The molecule has 3 aromatic rings. The van der Waals surface area contributed by atoms with Gasteiger partial charge in [0, 0.05) is 38.1 Å². The molecule has 2 aromatic heterocycles. The van der Waals surface area contributed by atoms with E-state index < -0.39 is 34.9 Å². The van der Waals surface area contributed by atoms with Crippen molar-refractivity contribution in [2.45, 2.75) is 6.18 Å². The molecule has 1 N–H and O–H groups in total. The summed E-state index contributed by atoms with van der Waals surface area (Å²) in [6.07, 6.45) is -2.37. The van der Waals surface area contributed by atoms with Crippen LogP contribution in [0.15, 0.2) is 54.9 Å². The minimum Gasteiger partial charge on any atom is -0.477 e. The number of aromatic carboxylic acids is 1. The molecule has 0 saturated carbocycles. The van der Waals surface area contributed by atoms with Crippen molar-refractivity contribution in [3.63, 3.8) is 0 Å². The number of alkyl halides is 3. The molecule has 1 aromatic carbocycles. The first-order chi connectivity index (χ1) is 12.7. The molecule has 0 atom stereocenters. The van der Waals surface area contributed by atoms with Crippen molar-refractivity contribution in [1.29, 1.82) is 0 Å². The van der Waals surface area contributed by atoms with E-state index >= 15 is 0 Å². The molecule has 0 bridgehead atoms. The largest absolute Gasteiger partial charge is 0.477 e. The molecule has 28 heavy (non-hydrogen) atoms. The molecule has 0 saturated heterocycles. The Hall–Kier alpha value is -2.71. The Morgan fingerprint density at radius 1 is 1.00 bits per heavy atom. The third-order valence-electron chi connectivity index (χ3n) is 3.11. The first-order valence-electron chi connectivity index (χ1n) is 7.24. The van der Waals surface area contributed by atoms with Gasteiger partial charge >= 0.3 is 12.1 Å². The summed E-state index contributed by atoms with van der Waals surface area (Å²) in [4.78, 5) is 17.4. The van der Waals surface area contributed by atoms with Gasteiger partial charge in [0.1, 0.15) is 5.69 Å². The molecule has 0 unspecified atom stereocenters. The van der Waals surface area contributed by atoms with E-state index in [9.17, 15) is 26.7 Å². The zero-order chi connectivity index (χ0) is 20.0. The summed E-state index contributed by atoms with van der Waals surface area (Å²) in [5, 5.41) is 8.32. The Morgan fingerprint density at radius 2 is 1.61 bits per heavy atom. The molecule has 2 heterocycles. The number of carbonyl (C=O) groups is 1. The molecule has 0 spiro atoms. The Balaban J connectivity index is 0.000000332. The number of pyridine rings is 2. The SMILES string of the molecule is Fc1c[c-]c(-c2ccccn2)c(F)c1C(F)(F)F.O=C(O)c1ccccn1.[Ir]. The number of hydrogen-bond donors (Lipinski definition) is 1. The van der Waals surface area contributed by atoms with Crippen molar-refractivity contribution in [2.24, 2.45) is 0 Å². The summed E-state index contributed by atoms with van der Waals surface area (Å²) in [5.41, 5.74) is -2.40. The Bertz CT molecular complexity index is 923. The molecule has 0 aliphatic carbocycles. The Morgan fingerprint density at radius 3 is 2.04 bits per heavy atom. The normalized spacial score (nSPS) is 10.3. The van der Waals surface area contributed by atoms with Crippen LogP contribution in [-0.2, 0) is 26.3 Å². The smallest absolute Gasteiger partial charge is 0.405 e. The van der Waals surface area contributed by atoms with Gasteiger partial charge in [0.25, 0.3) is 0 Å². The number of carboxylic acid groups (broad SMARTS) is 1. The third kappa shape index (κ3) is 5.90. The van der Waals surface area contributed by atoms with Crippen molar-refractivity contribution in [2.75, 3.05) is 0 Å². The van der Waals surface area contributed by atoms with Gasteiger partial charge in [0.05, 0.1) is 11.6 Å². The summed E-state index contributed by atoms with van der Waals surface area (Å²) in [5.74, 6) is -4.39. The molecular weight excluding hydrogens is 563 g/mol. The van der Waals surface area contributed by atoms with Gasteiger partial charge in [-0.1, -0.05) is 23.8 Å². The topological polar surface area (TPSA) is 63.1 Å². The summed E-state index contributed by atoms with van der Waals surface area (Å²) < 4.78 is 64.2. The quantitative estimate of drug-likeness (QED) is 0.359. The van der Waals surface area contributed by atoms with Gasteiger partial charge in [-0.25, -0.2) is 9.78 Å². The molecule has 0 aliphatic rings. The fourth-order valence-corrected chi connectivity index (χ4v) is 1.95. The van der Waals surface area contributed by atoms with Crippen LogP contribution in [0.2, 0.25) is 0 Å². The van der Waals surface area contributed by atoms with Crippen molar-refractivity contribution in [1.82, 2.24) is 9.97 Å². The monoisotopic (exact) mass is 574 g/mol. The van der Waals surface area contributed by atoms with E-state index in [4.69, 9.17) is 5.11 Å². The van der Waals surface area contributed by atoms with Crippen LogP contribution in [0, 0.1) is 17.7 Å². The molecule has 0 fully saturated rings. The van der Waals surface area contributed by atoms with Crippen LogP contribution in [0.5, 0.6) is 0 Å². The summed E-state index contributed by atoms with van der Waals surface area (Å²) in [7, 11) is 0. The fraction of sp³-hybridized carbons (Fsp3) is 0.0556. The van der Waals surface area contributed by atoms with Crippen LogP contribution in [0.1, 0.15) is 16.1 Å². The maximum Gasteiger partial charge on any atom is 0.405 e. The van der Waals surface area contributed by atoms with E-state index in [1.807, 2.05) is 0 Å². The maximum atomic E-state index is 13.7. The molecule has 0 aliphatic heterocycles. The zero-order valence-corrected chi connectivity index (χ0v) is 16.1. The summed E-state index contributed by atoms with van der Waals surface area (Å²) in [6, 6.07) is 11.6. The van der Waals surface area contributed by atoms with E-state index in [0.29, 0.717) is 6.07 Å². The first kappa shape index (κ1) is 23.3. The second-order valence-electron chi connectivity index (χ2n) is 4.93. The maximum absolute atomic E-state index is 13.7. The first-order valence-corrected chi connectivity index (χ1v) is 7.24. The van der Waals surface area contributed by atoms with Crippen LogP contribution in [0.25, 0.3) is 11.3 Å². The van der Waals surface area contributed by atoms with Gasteiger partial charge in [0.2, 0.25) is 0 Å². The van der Waals surface area contributed by atoms with Crippen molar-refractivity contribution >= 4 is 5.97 Å². The molecule has 10 heteroatoms. The molecule has 149 valence electrons. The molecule has 3 rings (SSSR count). The molecule has 1 radical (unpaired) electrons. The van der Waals surface area contributed by atoms with Crippen molar-refractivity contribution in [3.05, 3.63) is 83.8 Å². The van der Waals surface area contributed by atoms with Crippen LogP contribution < -0.4 is 0 Å². The Kier molecular flexibility index (Phi) is 8.34. The standard InChI is InChI=1S/C12H5F5N.C6H5NO2.Ir/c13-8-5-4-7(9-3-1-2-6-18-9)11(14)10(8)12(15,16)17;8-6(9)5-3-1-2-4-7-5;/h1-3,5-6H;1-4H,(H,8,9);/q-1;;. The van der Waals surface area contributed by atoms with Crippen LogP contribution in [0.3, 0.4) is 0 Å². The average molecular weight is 573 g/mol. The van der Waals surface area contributed by atoms with E-state index in [2.05, 4.69) is 16.0 Å². The summed E-state index contributed by atoms with van der Waals surface area (Å²) in [6.45, 7) is 0. The van der Waals surface area contributed by atoms with E-state index in [1.165, 1.54) is 36.7 Å². The van der Waals surface area contributed by atoms with Crippen LogP contribution in [-0.4, -0.2) is 21.0 Å². The number of benzene rings is 1. The molecule has 0 amide bonds. The number of rotatable bonds is 2. The number of hydrogen-bond acceptors (Lipinski definition) is 3. The van der Waals surface area contributed by atoms with Gasteiger partial charge in [-0.3, -0.25) is 8.78 Å². The minimum atomic E-state index is -5.10. The number of nitrogens with zero attached hydrogens (tertiary/aromatic N) is 2. The van der Waals surface area contributed by atoms with Gasteiger partial charge in [-0.2, -0.15) is 13.2 Å². The van der Waals surface area contributed by atoms with Gasteiger partial charge in [-0.05, 0) is 23.9 Å². The Labute approximate surface area is 169 Å². The van der Waals surface area contributed by atoms with E-state index in [1.54, 1.807) is 12.1 Å². The van der Waals surface area contributed by atoms with E-state index in [0.717, 1.165) is 0 Å². The van der Waals surface area contributed by atoms with Crippen LogP contribution in [0.4, 0.5) is 22.0 Å². The second kappa shape index (κ2) is 10.0. The van der Waals surface area contributed by atoms with Gasteiger partial charge in [0.15, 0.2) is 0 Å². The van der Waals surface area contributed by atoms with Crippen molar-refractivity contribution in [3.8, 4) is 11.3 Å². The third-order valence-corrected chi connectivity index (χ3v) is 3.11. The number of halogens is 5. The fourth-order valence-electron chi connectivity index (χ4n) is 1.95. The average Bonchev–Trinajstić information content (AvgIpc) is 2.63. The second-order valence-corrected chi connectivity index (χ2v) is 4.93. The summed E-state index contributed by atoms with van der Waals surface area (Å²) >= 11 is 0. The van der Waals surface area contributed by atoms with Gasteiger partial charge < -0.3 is 10.1 Å². The van der Waals surface area contributed by atoms with Crippen LogP contribution >= 0.6 is 0 Å². The number of aromatic nitrogens is 2. The molecule has 4 nitrogen and oxygen atoms in total. The van der Waals surface area contributed by atoms with E-state index in [-0.39, 0.29) is 31.5 Å².